The van der Waals surface area contributed by atoms with Crippen LogP contribution in [0.3, 0.4) is 0 Å². The van der Waals surface area contributed by atoms with Crippen molar-refractivity contribution in [1.29, 1.82) is 0 Å². The predicted molar refractivity (Wildman–Crippen MR) is 91.1 cm³/mol. The lowest BCUT2D eigenvalue weighted by Crippen LogP contribution is -2.24. The Morgan fingerprint density at radius 3 is 2.57 bits per heavy atom. The van der Waals surface area contributed by atoms with Gasteiger partial charge in [0.25, 0.3) is 5.89 Å². The minimum Gasteiger partial charge on any atom is -0.334 e. The van der Waals surface area contributed by atoms with Gasteiger partial charge >= 0.3 is 0 Å². The van der Waals surface area contributed by atoms with Crippen LogP contribution in [0.5, 0.6) is 0 Å². The van der Waals surface area contributed by atoms with Gasteiger partial charge in [-0.25, -0.2) is 4.68 Å². The fourth-order valence-corrected chi connectivity index (χ4v) is 2.15. The zero-order valence-electron chi connectivity index (χ0n) is 13.4. The van der Waals surface area contributed by atoms with E-state index in [-0.39, 0.29) is 12.4 Å². The number of hydrogen-bond donors (Lipinski definition) is 1. The van der Waals surface area contributed by atoms with Crippen molar-refractivity contribution in [3.05, 3.63) is 48.0 Å². The predicted octanol–water partition coefficient (Wildman–Crippen LogP) is 2.80. The molecule has 1 aromatic carbocycles. The van der Waals surface area contributed by atoms with E-state index in [1.54, 1.807) is 0 Å². The second-order valence-electron chi connectivity index (χ2n) is 5.36. The number of hydrogen-bond acceptors (Lipinski definition) is 5. The van der Waals surface area contributed by atoms with Crippen molar-refractivity contribution in [1.82, 2.24) is 25.2 Å². The number of nitrogens with one attached hydrogen (secondary N) is 1. The van der Waals surface area contributed by atoms with E-state index < -0.39 is 0 Å². The van der Waals surface area contributed by atoms with E-state index in [1.165, 1.54) is 0 Å². The lowest BCUT2D eigenvalue weighted by atomic mass is 10.2. The summed E-state index contributed by atoms with van der Waals surface area (Å²) in [5.41, 5.74) is 2.90. The fraction of sp³-hybridized carbons (Fsp3) is 0.312. The lowest BCUT2D eigenvalue weighted by Gasteiger charge is -2.04. The van der Waals surface area contributed by atoms with Crippen LogP contribution in [0.2, 0.25) is 0 Å². The average Bonchev–Trinajstić information content (AvgIpc) is 3.16. The van der Waals surface area contributed by atoms with Crippen LogP contribution in [-0.2, 0) is 6.42 Å². The molecule has 0 aliphatic rings. The van der Waals surface area contributed by atoms with Crippen molar-refractivity contribution in [3.63, 3.8) is 0 Å². The van der Waals surface area contributed by atoms with Crippen molar-refractivity contribution in [2.75, 3.05) is 7.05 Å². The first-order chi connectivity index (χ1) is 10.7. The molecule has 2 aromatic heterocycles. The Morgan fingerprint density at radius 2 is 1.96 bits per heavy atom. The number of aromatic nitrogens is 4. The molecule has 1 N–H and O–H groups in total. The highest BCUT2D eigenvalue weighted by Crippen LogP contribution is 2.19. The van der Waals surface area contributed by atoms with Gasteiger partial charge in [0.05, 0.1) is 11.4 Å². The monoisotopic (exact) mass is 333 g/mol. The second-order valence-corrected chi connectivity index (χ2v) is 5.36. The number of rotatable bonds is 5. The first-order valence-corrected chi connectivity index (χ1v) is 7.28. The first-order valence-electron chi connectivity index (χ1n) is 7.28. The molecule has 7 heteroatoms. The third kappa shape index (κ3) is 3.97. The Bertz CT molecular complexity index is 750. The number of halogens is 1. The maximum Gasteiger partial charge on any atom is 0.257 e. The number of aryl methyl sites for hydroxylation is 1. The summed E-state index contributed by atoms with van der Waals surface area (Å²) in [5.74, 6) is 1.25. The van der Waals surface area contributed by atoms with Gasteiger partial charge in [0.1, 0.15) is 0 Å². The summed E-state index contributed by atoms with van der Waals surface area (Å²) in [6.07, 6.45) is 2.68. The van der Waals surface area contributed by atoms with Crippen LogP contribution < -0.4 is 5.32 Å². The maximum absolute atomic E-state index is 5.33. The van der Waals surface area contributed by atoms with E-state index in [1.807, 2.05) is 55.2 Å². The highest BCUT2D eigenvalue weighted by Gasteiger charge is 2.11. The Hall–Kier alpha value is -2.18. The Balaban J connectivity index is 0.00000192. The molecule has 3 aromatic rings. The minimum absolute atomic E-state index is 0. The van der Waals surface area contributed by atoms with Crippen LogP contribution in [0.1, 0.15) is 18.4 Å². The van der Waals surface area contributed by atoms with E-state index >= 15 is 0 Å². The van der Waals surface area contributed by atoms with Crippen molar-refractivity contribution in [2.24, 2.45) is 0 Å². The molecule has 23 heavy (non-hydrogen) atoms. The summed E-state index contributed by atoms with van der Waals surface area (Å²) >= 11 is 0. The van der Waals surface area contributed by atoms with Gasteiger partial charge in [0.15, 0.2) is 5.82 Å². The summed E-state index contributed by atoms with van der Waals surface area (Å²) < 4.78 is 7.17. The third-order valence-electron chi connectivity index (χ3n) is 3.55. The largest absolute Gasteiger partial charge is 0.334 e. The molecule has 2 heterocycles. The molecular weight excluding hydrogens is 314 g/mol. The summed E-state index contributed by atoms with van der Waals surface area (Å²) in [6, 6.07) is 10.2. The average molecular weight is 334 g/mol. The first kappa shape index (κ1) is 17.2. The lowest BCUT2D eigenvalue weighted by molar-refractivity contribution is 0.418. The second kappa shape index (κ2) is 7.39. The highest BCUT2D eigenvalue weighted by molar-refractivity contribution is 5.85. The smallest absolute Gasteiger partial charge is 0.257 e. The summed E-state index contributed by atoms with van der Waals surface area (Å²) in [4.78, 5) is 4.43. The van der Waals surface area contributed by atoms with Crippen molar-refractivity contribution in [3.8, 4) is 17.1 Å². The standard InChI is InChI=1S/C16H19N5O.ClH/c1-11-8-9-21(19-11)14-6-4-13(5-7-14)16-18-15(20-22-16)10-12(2)17-3;/h4-9,12,17H,10H2,1-3H3;1H. The number of likely N-dealkylation sites (N-methyl/N-ethyl adjacent to an activating group) is 1. The van der Waals surface area contributed by atoms with Gasteiger partial charge in [-0.15, -0.1) is 12.4 Å². The maximum atomic E-state index is 5.33. The molecule has 0 aliphatic heterocycles. The van der Waals surface area contributed by atoms with Gasteiger partial charge in [-0.2, -0.15) is 10.1 Å². The Labute approximate surface area is 141 Å². The molecule has 0 radical (unpaired) electrons. The molecular formula is C16H20ClN5O. The van der Waals surface area contributed by atoms with Crippen LogP contribution in [0.15, 0.2) is 41.1 Å². The van der Waals surface area contributed by atoms with Crippen molar-refractivity contribution >= 4 is 12.4 Å². The molecule has 0 aliphatic carbocycles. The van der Waals surface area contributed by atoms with Crippen LogP contribution >= 0.6 is 12.4 Å². The molecule has 0 bridgehead atoms. The molecule has 0 spiro atoms. The van der Waals surface area contributed by atoms with Crippen LogP contribution in [-0.4, -0.2) is 33.0 Å². The fourth-order valence-electron chi connectivity index (χ4n) is 2.15. The molecule has 0 saturated heterocycles. The van der Waals surface area contributed by atoms with Crippen molar-refractivity contribution in [2.45, 2.75) is 26.3 Å². The summed E-state index contributed by atoms with van der Waals surface area (Å²) in [6.45, 7) is 4.05. The van der Waals surface area contributed by atoms with E-state index in [9.17, 15) is 0 Å². The van der Waals surface area contributed by atoms with E-state index in [4.69, 9.17) is 4.52 Å². The zero-order valence-corrected chi connectivity index (χ0v) is 14.2. The van der Waals surface area contributed by atoms with Crippen LogP contribution in [0.25, 0.3) is 17.1 Å². The molecule has 6 nitrogen and oxygen atoms in total. The molecule has 0 amide bonds. The van der Waals surface area contributed by atoms with Gasteiger partial charge in [0.2, 0.25) is 0 Å². The van der Waals surface area contributed by atoms with Crippen LogP contribution in [0, 0.1) is 6.92 Å². The summed E-state index contributed by atoms with van der Waals surface area (Å²) in [5, 5.41) is 11.6. The Morgan fingerprint density at radius 1 is 1.22 bits per heavy atom. The number of nitrogens with zero attached hydrogens (tertiary/aromatic N) is 4. The molecule has 1 unspecified atom stereocenters. The third-order valence-corrected chi connectivity index (χ3v) is 3.55. The van der Waals surface area contributed by atoms with Gasteiger partial charge in [-0.05, 0) is 51.2 Å². The molecule has 3 rings (SSSR count). The molecule has 122 valence electrons. The quantitative estimate of drug-likeness (QED) is 0.777. The van der Waals surface area contributed by atoms with E-state index in [0.717, 1.165) is 23.4 Å². The zero-order chi connectivity index (χ0) is 15.5. The minimum atomic E-state index is 0. The molecule has 0 saturated carbocycles. The topological polar surface area (TPSA) is 68.8 Å². The van der Waals surface area contributed by atoms with Gasteiger partial charge in [-0.3, -0.25) is 0 Å². The van der Waals surface area contributed by atoms with Gasteiger partial charge in [-0.1, -0.05) is 5.16 Å². The summed E-state index contributed by atoms with van der Waals surface area (Å²) in [7, 11) is 1.92. The van der Waals surface area contributed by atoms with Crippen molar-refractivity contribution < 1.29 is 4.52 Å². The number of benzene rings is 1. The highest BCUT2D eigenvalue weighted by atomic mass is 35.5. The Kier molecular flexibility index (Phi) is 5.52. The van der Waals surface area contributed by atoms with E-state index in [2.05, 4.69) is 27.5 Å². The van der Waals surface area contributed by atoms with Gasteiger partial charge < -0.3 is 9.84 Å². The molecule has 0 fully saturated rings. The normalized spacial score (nSPS) is 12.0. The van der Waals surface area contributed by atoms with Crippen LogP contribution in [0.4, 0.5) is 0 Å². The molecule has 1 atom stereocenters. The van der Waals surface area contributed by atoms with Gasteiger partial charge in [0, 0.05) is 24.2 Å². The SMILES string of the molecule is CNC(C)Cc1noc(-c2ccc(-n3ccc(C)n3)cc2)n1.Cl. The van der Waals surface area contributed by atoms with E-state index in [0.29, 0.717) is 17.8 Å².